The number of hydrogen-bond donors (Lipinski definition) is 1. The molecule has 0 spiro atoms. The average molecular weight is 445 g/mol. The number of amides is 1. The molecular weight excluding hydrogens is 422 g/mol. The molecule has 1 N–H and O–H groups in total. The molecule has 0 saturated heterocycles. The number of carbonyl (C=O) groups excluding carboxylic acids is 1. The van der Waals surface area contributed by atoms with Crippen molar-refractivity contribution < 1.29 is 9.53 Å². The maximum atomic E-state index is 12.6. The maximum absolute atomic E-state index is 12.6. The first-order valence-electron chi connectivity index (χ1n) is 10.1. The summed E-state index contributed by atoms with van der Waals surface area (Å²) in [7, 11) is 7.12. The summed E-state index contributed by atoms with van der Waals surface area (Å²) < 4.78 is 8.99. The topological polar surface area (TPSA) is 107 Å². The van der Waals surface area contributed by atoms with Crippen molar-refractivity contribution in [2.75, 3.05) is 24.3 Å². The predicted molar refractivity (Wildman–Crippen MR) is 125 cm³/mol. The van der Waals surface area contributed by atoms with E-state index in [0.717, 1.165) is 11.3 Å². The fraction of sp³-hybridized carbons (Fsp3) is 0.174. The molecule has 0 radical (unpaired) electrons. The van der Waals surface area contributed by atoms with Crippen LogP contribution in [0.3, 0.4) is 0 Å². The Hall–Kier alpha value is -4.47. The van der Waals surface area contributed by atoms with Crippen LogP contribution in [0.1, 0.15) is 10.4 Å². The lowest BCUT2D eigenvalue weighted by Crippen LogP contribution is -2.30. The summed E-state index contributed by atoms with van der Waals surface area (Å²) in [6.07, 6.45) is 6.74. The molecule has 0 saturated carbocycles. The largest absolute Gasteiger partial charge is 0.456 e. The molecule has 4 rings (SSSR count). The second-order valence-corrected chi connectivity index (χ2v) is 7.58. The van der Waals surface area contributed by atoms with Crippen LogP contribution in [0.5, 0.6) is 11.5 Å². The molecule has 0 bridgehead atoms. The zero-order valence-electron chi connectivity index (χ0n) is 18.7. The minimum absolute atomic E-state index is 0.0324. The maximum Gasteiger partial charge on any atom is 0.264 e. The van der Waals surface area contributed by atoms with Gasteiger partial charge in [-0.2, -0.15) is 5.10 Å². The van der Waals surface area contributed by atoms with Crippen LogP contribution in [-0.2, 0) is 14.1 Å². The molecule has 0 aliphatic heterocycles. The number of pyridine rings is 3. The van der Waals surface area contributed by atoms with Crippen molar-refractivity contribution in [3.8, 4) is 22.8 Å². The number of aromatic nitrogens is 5. The molecule has 0 aliphatic carbocycles. The summed E-state index contributed by atoms with van der Waals surface area (Å²) in [5.74, 6) is 1.54. The van der Waals surface area contributed by atoms with Gasteiger partial charge in [0.05, 0.1) is 18.1 Å². The van der Waals surface area contributed by atoms with E-state index in [1.165, 1.54) is 16.8 Å². The molecule has 4 aromatic rings. The van der Waals surface area contributed by atoms with Crippen LogP contribution < -0.4 is 20.5 Å². The molecule has 168 valence electrons. The third-order valence-electron chi connectivity index (χ3n) is 4.93. The van der Waals surface area contributed by atoms with Gasteiger partial charge in [0.1, 0.15) is 28.7 Å². The summed E-state index contributed by atoms with van der Waals surface area (Å²) >= 11 is 0. The van der Waals surface area contributed by atoms with Gasteiger partial charge in [-0.25, -0.2) is 4.98 Å². The van der Waals surface area contributed by atoms with E-state index in [2.05, 4.69) is 20.4 Å². The van der Waals surface area contributed by atoms with Gasteiger partial charge in [0.2, 0.25) is 0 Å². The van der Waals surface area contributed by atoms with Crippen LogP contribution in [-0.4, -0.2) is 44.3 Å². The highest BCUT2D eigenvalue weighted by molar-refractivity contribution is 6.03. The van der Waals surface area contributed by atoms with Crippen LogP contribution in [0.4, 0.5) is 11.6 Å². The molecule has 10 nitrogen and oxygen atoms in total. The Balaban J connectivity index is 1.46. The number of aryl methyl sites for hydroxylation is 1. The normalized spacial score (nSPS) is 10.7. The second kappa shape index (κ2) is 8.95. The van der Waals surface area contributed by atoms with Crippen LogP contribution in [0.2, 0.25) is 0 Å². The molecule has 4 heterocycles. The van der Waals surface area contributed by atoms with Crippen molar-refractivity contribution in [3.63, 3.8) is 0 Å². The van der Waals surface area contributed by atoms with Gasteiger partial charge in [0, 0.05) is 52.2 Å². The van der Waals surface area contributed by atoms with Gasteiger partial charge in [-0.3, -0.25) is 23.8 Å². The molecule has 0 fully saturated rings. The Morgan fingerprint density at radius 2 is 1.85 bits per heavy atom. The van der Waals surface area contributed by atoms with Gasteiger partial charge in [-0.05, 0) is 30.3 Å². The van der Waals surface area contributed by atoms with E-state index < -0.39 is 5.91 Å². The Morgan fingerprint density at radius 1 is 1.03 bits per heavy atom. The van der Waals surface area contributed by atoms with Crippen LogP contribution in [0.15, 0.2) is 66.0 Å². The minimum Gasteiger partial charge on any atom is -0.456 e. The highest BCUT2D eigenvalue weighted by atomic mass is 16.5. The summed E-state index contributed by atoms with van der Waals surface area (Å²) in [4.78, 5) is 35.5. The van der Waals surface area contributed by atoms with E-state index >= 15 is 0 Å². The Labute approximate surface area is 190 Å². The van der Waals surface area contributed by atoms with Crippen molar-refractivity contribution >= 4 is 17.5 Å². The molecule has 10 heteroatoms. The molecule has 33 heavy (non-hydrogen) atoms. The number of carbonyl (C=O) groups is 1. The lowest BCUT2D eigenvalue weighted by Gasteiger charge is -2.17. The number of anilines is 2. The van der Waals surface area contributed by atoms with Crippen molar-refractivity contribution in [1.82, 2.24) is 24.3 Å². The van der Waals surface area contributed by atoms with E-state index in [-0.39, 0.29) is 11.1 Å². The minimum atomic E-state index is -0.530. The SMILES string of the molecule is CN(C)c1ccc(C(=O)Nc2ccc(Oc3ccnc(-c4cnn(C)c4)c3)cn2)c(=O)n1C. The first kappa shape index (κ1) is 21.8. The molecule has 0 aliphatic rings. The van der Waals surface area contributed by atoms with E-state index in [1.54, 1.807) is 59.4 Å². The number of hydrogen-bond acceptors (Lipinski definition) is 7. The predicted octanol–water partition coefficient (Wildman–Crippen LogP) is 2.69. The highest BCUT2D eigenvalue weighted by Gasteiger charge is 2.15. The van der Waals surface area contributed by atoms with Gasteiger partial charge in [-0.15, -0.1) is 0 Å². The average Bonchev–Trinajstić information content (AvgIpc) is 3.23. The summed E-state index contributed by atoms with van der Waals surface area (Å²) in [6, 6.07) is 10.1. The van der Waals surface area contributed by atoms with Gasteiger partial charge in [0.25, 0.3) is 11.5 Å². The summed E-state index contributed by atoms with van der Waals surface area (Å²) in [5.41, 5.74) is 1.26. The lowest BCUT2D eigenvalue weighted by molar-refractivity contribution is 0.102. The summed E-state index contributed by atoms with van der Waals surface area (Å²) in [5, 5.41) is 6.80. The van der Waals surface area contributed by atoms with Gasteiger partial charge >= 0.3 is 0 Å². The molecule has 0 atom stereocenters. The second-order valence-electron chi connectivity index (χ2n) is 7.58. The zero-order valence-corrected chi connectivity index (χ0v) is 18.7. The number of ether oxygens (including phenoxy) is 1. The van der Waals surface area contributed by atoms with Gasteiger partial charge < -0.3 is 15.0 Å². The van der Waals surface area contributed by atoms with Crippen molar-refractivity contribution in [2.24, 2.45) is 14.1 Å². The van der Waals surface area contributed by atoms with E-state index in [4.69, 9.17) is 4.74 Å². The Kier molecular flexibility index (Phi) is 5.90. The highest BCUT2D eigenvalue weighted by Crippen LogP contribution is 2.25. The fourth-order valence-corrected chi connectivity index (χ4v) is 3.27. The van der Waals surface area contributed by atoms with Gasteiger partial charge in [-0.1, -0.05) is 0 Å². The van der Waals surface area contributed by atoms with E-state index in [0.29, 0.717) is 23.1 Å². The molecule has 0 aromatic carbocycles. The van der Waals surface area contributed by atoms with Crippen LogP contribution >= 0.6 is 0 Å². The zero-order chi connectivity index (χ0) is 23.5. The fourth-order valence-electron chi connectivity index (χ4n) is 3.27. The van der Waals surface area contributed by atoms with E-state index in [1.807, 2.05) is 27.3 Å². The molecular formula is C23H23N7O3. The van der Waals surface area contributed by atoms with Crippen molar-refractivity contribution in [3.05, 3.63) is 77.1 Å². The molecule has 4 aromatic heterocycles. The first-order valence-corrected chi connectivity index (χ1v) is 10.1. The van der Waals surface area contributed by atoms with E-state index in [9.17, 15) is 9.59 Å². The number of nitrogens with one attached hydrogen (secondary N) is 1. The lowest BCUT2D eigenvalue weighted by atomic mass is 10.2. The standard InChI is InChI=1S/C23H23N7O3/c1-28(2)21-8-6-18(23(32)30(21)4)22(31)27-20-7-5-17(13-25-20)33-16-9-10-24-19(11-16)15-12-26-29(3)14-15/h5-14H,1-4H3,(H,25,27,31). The smallest absolute Gasteiger partial charge is 0.264 e. The molecule has 1 amide bonds. The summed E-state index contributed by atoms with van der Waals surface area (Å²) in [6.45, 7) is 0. The van der Waals surface area contributed by atoms with Crippen molar-refractivity contribution in [2.45, 2.75) is 0 Å². The Bertz CT molecular complexity index is 1360. The Morgan fingerprint density at radius 3 is 2.52 bits per heavy atom. The number of nitrogens with zero attached hydrogens (tertiary/aromatic N) is 6. The third-order valence-corrected chi connectivity index (χ3v) is 4.93. The first-order chi connectivity index (χ1) is 15.8. The number of rotatable bonds is 6. The molecule has 0 unspecified atom stereocenters. The van der Waals surface area contributed by atoms with Crippen LogP contribution in [0.25, 0.3) is 11.3 Å². The quantitative estimate of drug-likeness (QED) is 0.486. The third kappa shape index (κ3) is 4.74. The van der Waals surface area contributed by atoms with Gasteiger partial charge in [0.15, 0.2) is 0 Å². The van der Waals surface area contributed by atoms with Crippen molar-refractivity contribution in [1.29, 1.82) is 0 Å². The monoisotopic (exact) mass is 445 g/mol. The van der Waals surface area contributed by atoms with Crippen LogP contribution in [0, 0.1) is 0 Å².